The lowest BCUT2D eigenvalue weighted by atomic mass is 10.2. The lowest BCUT2D eigenvalue weighted by Gasteiger charge is -2.18. The fraction of sp³-hybridized carbons (Fsp3) is 0.545. The van der Waals surface area contributed by atoms with Gasteiger partial charge in [0.2, 0.25) is 0 Å². The Morgan fingerprint density at radius 3 is 2.44 bits per heavy atom. The molecule has 0 aliphatic carbocycles. The van der Waals surface area contributed by atoms with Crippen LogP contribution in [0.4, 0.5) is 9.93 Å². The normalized spacial score (nSPS) is 11.2. The lowest BCUT2D eigenvalue weighted by Crippen LogP contribution is -2.27. The Morgan fingerprint density at radius 2 is 2.06 bits per heavy atom. The minimum Gasteiger partial charge on any atom is -0.444 e. The highest BCUT2D eigenvalue weighted by Crippen LogP contribution is 2.25. The molecule has 0 saturated heterocycles. The molecule has 1 amide bonds. The van der Waals surface area contributed by atoms with Crippen LogP contribution in [-0.2, 0) is 11.2 Å². The molecular weight excluding hydrogens is 276 g/mol. The molecule has 1 aromatic heterocycles. The van der Waals surface area contributed by atoms with Gasteiger partial charge in [0.15, 0.2) is 5.13 Å². The molecule has 0 radical (unpaired) electrons. The van der Waals surface area contributed by atoms with Crippen molar-refractivity contribution in [2.75, 3.05) is 5.32 Å². The maximum Gasteiger partial charge on any atom is 0.413 e. The van der Waals surface area contributed by atoms with Gasteiger partial charge in [0.05, 0.1) is 5.69 Å². The first-order valence-corrected chi connectivity index (χ1v) is 6.62. The zero-order valence-electron chi connectivity index (χ0n) is 10.7. The van der Waals surface area contributed by atoms with E-state index in [2.05, 4.69) is 10.3 Å². The molecule has 0 saturated carbocycles. The van der Waals surface area contributed by atoms with Gasteiger partial charge in [0, 0.05) is 0 Å². The number of nitrogens with zero attached hydrogens (tertiary/aromatic N) is 1. The van der Waals surface area contributed by atoms with E-state index in [1.165, 1.54) is 0 Å². The SMILES string of the molecule is CCc1nc(NC(=O)OC(C)(C)C)sc1C(=O)Cl. The van der Waals surface area contributed by atoms with Crippen LogP contribution in [-0.4, -0.2) is 21.9 Å². The molecule has 0 fully saturated rings. The first-order chi connectivity index (χ1) is 8.23. The van der Waals surface area contributed by atoms with Crippen LogP contribution in [0.3, 0.4) is 0 Å². The highest BCUT2D eigenvalue weighted by molar-refractivity contribution is 7.19. The molecule has 0 spiro atoms. The highest BCUT2D eigenvalue weighted by atomic mass is 35.5. The van der Waals surface area contributed by atoms with E-state index in [-0.39, 0.29) is 0 Å². The second-order valence-corrected chi connectivity index (χ2v) is 5.89. The quantitative estimate of drug-likeness (QED) is 0.866. The molecule has 0 aromatic carbocycles. The third-order valence-electron chi connectivity index (χ3n) is 1.82. The third-order valence-corrected chi connectivity index (χ3v) is 3.13. The second kappa shape index (κ2) is 5.67. The number of thiazole rings is 1. The number of carbonyl (C=O) groups excluding carboxylic acids is 2. The van der Waals surface area contributed by atoms with Crippen molar-refractivity contribution in [2.24, 2.45) is 0 Å². The summed E-state index contributed by atoms with van der Waals surface area (Å²) in [5.74, 6) is 0. The molecule has 1 N–H and O–H groups in total. The number of aromatic nitrogens is 1. The number of anilines is 1. The van der Waals surface area contributed by atoms with E-state index in [0.717, 1.165) is 11.3 Å². The Bertz CT molecular complexity index is 465. The van der Waals surface area contributed by atoms with Crippen molar-refractivity contribution in [2.45, 2.75) is 39.7 Å². The Balaban J connectivity index is 2.80. The third kappa shape index (κ3) is 4.27. The molecule has 0 atom stereocenters. The summed E-state index contributed by atoms with van der Waals surface area (Å²) >= 11 is 6.47. The number of amides is 1. The average Bonchev–Trinajstić information content (AvgIpc) is 2.57. The lowest BCUT2D eigenvalue weighted by molar-refractivity contribution is 0.0635. The van der Waals surface area contributed by atoms with Gasteiger partial charge >= 0.3 is 6.09 Å². The summed E-state index contributed by atoms with van der Waals surface area (Å²) in [6.07, 6.45) is -0.0345. The van der Waals surface area contributed by atoms with Crippen molar-refractivity contribution < 1.29 is 14.3 Å². The Hall–Kier alpha value is -1.14. The fourth-order valence-corrected chi connectivity index (χ4v) is 2.29. The van der Waals surface area contributed by atoms with E-state index < -0.39 is 16.9 Å². The summed E-state index contributed by atoms with van der Waals surface area (Å²) in [6.45, 7) is 7.15. The predicted molar refractivity (Wildman–Crippen MR) is 71.5 cm³/mol. The summed E-state index contributed by atoms with van der Waals surface area (Å²) in [5, 5.41) is 2.23. The highest BCUT2D eigenvalue weighted by Gasteiger charge is 2.20. The van der Waals surface area contributed by atoms with Crippen molar-refractivity contribution in [3.63, 3.8) is 0 Å². The van der Waals surface area contributed by atoms with E-state index in [9.17, 15) is 9.59 Å². The molecule has 1 aromatic rings. The molecule has 1 heterocycles. The molecule has 0 unspecified atom stereocenters. The number of hydrogen-bond acceptors (Lipinski definition) is 5. The summed E-state index contributed by atoms with van der Waals surface area (Å²) < 4.78 is 5.08. The Morgan fingerprint density at radius 1 is 1.44 bits per heavy atom. The smallest absolute Gasteiger partial charge is 0.413 e. The number of ether oxygens (including phenoxy) is 1. The molecule has 0 aliphatic heterocycles. The number of hydrogen-bond donors (Lipinski definition) is 1. The van der Waals surface area contributed by atoms with E-state index in [1.807, 2.05) is 6.92 Å². The van der Waals surface area contributed by atoms with Crippen LogP contribution in [0.25, 0.3) is 0 Å². The van der Waals surface area contributed by atoms with Gasteiger partial charge in [-0.3, -0.25) is 10.1 Å². The van der Waals surface area contributed by atoms with Gasteiger partial charge in [-0.2, -0.15) is 0 Å². The average molecular weight is 291 g/mol. The minimum absolute atomic E-state index is 0.310. The summed E-state index contributed by atoms with van der Waals surface area (Å²) in [7, 11) is 0. The molecule has 1 rings (SSSR count). The largest absolute Gasteiger partial charge is 0.444 e. The molecule has 0 aliphatic rings. The van der Waals surface area contributed by atoms with E-state index >= 15 is 0 Å². The Kier molecular flexibility index (Phi) is 4.70. The van der Waals surface area contributed by atoms with Gasteiger partial charge in [-0.05, 0) is 38.8 Å². The summed E-state index contributed by atoms with van der Waals surface area (Å²) in [6, 6.07) is 0. The van der Waals surface area contributed by atoms with Crippen molar-refractivity contribution >= 4 is 39.4 Å². The van der Waals surface area contributed by atoms with Crippen LogP contribution in [0.2, 0.25) is 0 Å². The maximum atomic E-state index is 11.5. The number of carbonyl (C=O) groups is 2. The number of nitrogens with one attached hydrogen (secondary N) is 1. The number of halogens is 1. The van der Waals surface area contributed by atoms with Crippen molar-refractivity contribution in [3.05, 3.63) is 10.6 Å². The van der Waals surface area contributed by atoms with Crippen LogP contribution in [0, 0.1) is 0 Å². The molecule has 5 nitrogen and oxygen atoms in total. The van der Waals surface area contributed by atoms with Gasteiger partial charge < -0.3 is 4.74 Å². The summed E-state index contributed by atoms with van der Waals surface area (Å²) in [4.78, 5) is 27.1. The molecule has 18 heavy (non-hydrogen) atoms. The van der Waals surface area contributed by atoms with Crippen molar-refractivity contribution in [1.82, 2.24) is 4.98 Å². The monoisotopic (exact) mass is 290 g/mol. The van der Waals surface area contributed by atoms with Gasteiger partial charge in [0.25, 0.3) is 5.24 Å². The summed E-state index contributed by atoms with van der Waals surface area (Å²) in [5.41, 5.74) is -0.00822. The molecule has 7 heteroatoms. The first-order valence-electron chi connectivity index (χ1n) is 5.42. The topological polar surface area (TPSA) is 68.3 Å². The standard InChI is InChI=1S/C11H15ClN2O3S/c1-5-6-7(8(12)15)18-9(13-6)14-10(16)17-11(2,3)4/h5H2,1-4H3,(H,13,14,16). The Labute approximate surface area is 115 Å². The zero-order chi connectivity index (χ0) is 13.9. The molecule has 0 bridgehead atoms. The van der Waals surface area contributed by atoms with E-state index in [0.29, 0.717) is 22.1 Å². The van der Waals surface area contributed by atoms with Crippen molar-refractivity contribution in [3.8, 4) is 0 Å². The van der Waals surface area contributed by atoms with Gasteiger partial charge in [-0.15, -0.1) is 0 Å². The first kappa shape index (κ1) is 14.9. The van der Waals surface area contributed by atoms with Gasteiger partial charge in [0.1, 0.15) is 10.5 Å². The van der Waals surface area contributed by atoms with E-state index in [1.54, 1.807) is 20.8 Å². The number of rotatable bonds is 3. The molecule has 100 valence electrons. The van der Waals surface area contributed by atoms with E-state index in [4.69, 9.17) is 16.3 Å². The maximum absolute atomic E-state index is 11.5. The minimum atomic E-state index is -0.604. The van der Waals surface area contributed by atoms with Gasteiger partial charge in [-0.1, -0.05) is 18.3 Å². The van der Waals surface area contributed by atoms with Crippen LogP contribution in [0.5, 0.6) is 0 Å². The predicted octanol–water partition coefficient (Wildman–Crippen LogP) is 3.43. The fourth-order valence-electron chi connectivity index (χ4n) is 1.19. The van der Waals surface area contributed by atoms with Crippen LogP contribution < -0.4 is 5.32 Å². The molecular formula is C11H15ClN2O3S. The van der Waals surface area contributed by atoms with Crippen LogP contribution in [0.1, 0.15) is 43.1 Å². The van der Waals surface area contributed by atoms with Crippen molar-refractivity contribution in [1.29, 1.82) is 0 Å². The number of aryl methyl sites for hydroxylation is 1. The van der Waals surface area contributed by atoms with Crippen LogP contribution in [0.15, 0.2) is 0 Å². The van der Waals surface area contributed by atoms with Crippen LogP contribution >= 0.6 is 22.9 Å². The second-order valence-electron chi connectivity index (χ2n) is 4.55. The zero-order valence-corrected chi connectivity index (χ0v) is 12.2. The van der Waals surface area contributed by atoms with Gasteiger partial charge in [-0.25, -0.2) is 9.78 Å².